The highest BCUT2D eigenvalue weighted by molar-refractivity contribution is 6.32. The lowest BCUT2D eigenvalue weighted by Gasteiger charge is -2.42. The molecule has 81 heavy (non-hydrogen) atoms. The van der Waals surface area contributed by atoms with Crippen molar-refractivity contribution in [1.82, 2.24) is 0 Å². The van der Waals surface area contributed by atoms with E-state index in [0.29, 0.717) is 19.3 Å². The molecule has 0 saturated carbocycles. The van der Waals surface area contributed by atoms with Crippen LogP contribution >= 0.6 is 0 Å². The second kappa shape index (κ2) is 21.6. The molecule has 2 aliphatic heterocycles. The third kappa shape index (κ3) is 9.59. The van der Waals surface area contributed by atoms with Gasteiger partial charge in [-0.3, -0.25) is 38.8 Å². The SMILES string of the molecule is COc1cccc2c1C(=O)c1c(O)c3c(c(O)c1C2=O)CC(O)(C(C)=O)CC3OC1CC(N=CCCCC=NC2CC(OC3CC(O)(C(C)=O)Cc4c(O)c5c(c(O)c43)C(=O)c3c(OC)cccc3C5=O)OC(C)C2O)C(O)C(C)O1. The van der Waals surface area contributed by atoms with Gasteiger partial charge in [0.05, 0.1) is 84.1 Å². The number of fused-ring (bicyclic) bond motifs is 6. The summed E-state index contributed by atoms with van der Waals surface area (Å²) in [5, 5.41) is 92.9. The van der Waals surface area contributed by atoms with Gasteiger partial charge in [-0.15, -0.1) is 0 Å². The summed E-state index contributed by atoms with van der Waals surface area (Å²) < 4.78 is 35.6. The van der Waals surface area contributed by atoms with Gasteiger partial charge < -0.3 is 69.3 Å². The Morgan fingerprint density at radius 2 is 0.963 bits per heavy atom. The molecule has 0 radical (unpaired) electrons. The van der Waals surface area contributed by atoms with Crippen LogP contribution in [-0.4, -0.2) is 162 Å². The van der Waals surface area contributed by atoms with Crippen molar-refractivity contribution in [3.63, 3.8) is 0 Å². The summed E-state index contributed by atoms with van der Waals surface area (Å²) in [4.78, 5) is 91.1. The largest absolute Gasteiger partial charge is 0.507 e. The smallest absolute Gasteiger partial charge is 0.202 e. The van der Waals surface area contributed by atoms with E-state index >= 15 is 0 Å². The molecule has 22 heteroatoms. The minimum absolute atomic E-state index is 0.0401. The lowest BCUT2D eigenvalue weighted by atomic mass is 9.72. The minimum Gasteiger partial charge on any atom is -0.507 e. The number of benzene rings is 4. The number of hydrogen-bond acceptors (Lipinski definition) is 22. The zero-order valence-electron chi connectivity index (χ0n) is 45.1. The van der Waals surface area contributed by atoms with E-state index in [9.17, 15) is 69.6 Å². The Bertz CT molecular complexity index is 3170. The number of nitrogens with zero attached hydrogens (tertiary/aromatic N) is 2. The van der Waals surface area contributed by atoms with Gasteiger partial charge in [-0.05, 0) is 71.5 Å². The summed E-state index contributed by atoms with van der Waals surface area (Å²) in [6.45, 7) is 5.50. The number of rotatable bonds is 14. The molecule has 12 atom stereocenters. The molecule has 0 amide bonds. The van der Waals surface area contributed by atoms with Crippen LogP contribution in [0.4, 0.5) is 0 Å². The number of ether oxygens (including phenoxy) is 6. The van der Waals surface area contributed by atoms with E-state index in [1.807, 2.05) is 0 Å². The molecular weight excluding hydrogens is 1060 g/mol. The number of aromatic hydroxyl groups is 4. The fourth-order valence-corrected chi connectivity index (χ4v) is 12.2. The molecule has 428 valence electrons. The Morgan fingerprint density at radius 1 is 0.593 bits per heavy atom. The average molecular weight is 1120 g/mol. The van der Waals surface area contributed by atoms with Crippen molar-refractivity contribution < 1.29 is 98.0 Å². The maximum Gasteiger partial charge on any atom is 0.202 e. The first kappa shape index (κ1) is 57.0. The molecule has 0 spiro atoms. The molecular formula is C59H62N2O20. The molecule has 0 bridgehead atoms. The monoisotopic (exact) mass is 1120 g/mol. The summed E-state index contributed by atoms with van der Waals surface area (Å²) in [6, 6.07) is 7.16. The van der Waals surface area contributed by atoms with Crippen LogP contribution in [-0.2, 0) is 41.4 Å². The highest BCUT2D eigenvalue weighted by Crippen LogP contribution is 2.55. The maximum atomic E-state index is 14.1. The van der Waals surface area contributed by atoms with Crippen LogP contribution in [0.2, 0.25) is 0 Å². The van der Waals surface area contributed by atoms with Crippen molar-refractivity contribution in [2.45, 2.75) is 158 Å². The van der Waals surface area contributed by atoms with Crippen molar-refractivity contribution >= 4 is 47.1 Å². The number of phenols is 4. The standard InChI is InChI=1S/C59H62N2O20/c1-24-48(64)32(18-38(78-24)80-36-22-58(74,26(3)62)20-30-42(36)56(72)46-44(52(30)68)50(66)28-12-10-14-34(76-5)40(28)54(46)70)60-16-8-7-9-17-61-33-19-39(79-25(2)49(33)65)81-37-23-59(75,27(4)63)21-31-43(37)57(73)47-45(53(31)69)51(67)29-13-11-15-35(77-6)41(29)55(47)71/h10-17,24-25,32-33,36-39,48-49,64-65,68-69,72-75H,7-9,18-23H2,1-6H3. The van der Waals surface area contributed by atoms with Crippen molar-refractivity contribution in [3.05, 3.63) is 103 Å². The first-order valence-corrected chi connectivity index (χ1v) is 26.7. The predicted octanol–water partition coefficient (Wildman–Crippen LogP) is 4.47. The van der Waals surface area contributed by atoms with Crippen molar-refractivity contribution in [2.24, 2.45) is 9.98 Å². The van der Waals surface area contributed by atoms with Gasteiger partial charge >= 0.3 is 0 Å². The van der Waals surface area contributed by atoms with Crippen LogP contribution in [0.15, 0.2) is 46.4 Å². The third-order valence-corrected chi connectivity index (χ3v) is 16.7. The van der Waals surface area contributed by atoms with Gasteiger partial charge in [-0.2, -0.15) is 0 Å². The molecule has 4 aromatic carbocycles. The lowest BCUT2D eigenvalue weighted by molar-refractivity contribution is -0.247. The van der Waals surface area contributed by atoms with E-state index in [1.165, 1.54) is 50.6 Å². The van der Waals surface area contributed by atoms with Crippen molar-refractivity contribution in [3.8, 4) is 34.5 Å². The molecule has 4 aliphatic carbocycles. The molecule has 8 N–H and O–H groups in total. The van der Waals surface area contributed by atoms with Gasteiger partial charge in [0.15, 0.2) is 35.7 Å². The van der Waals surface area contributed by atoms with Crippen LogP contribution in [0.1, 0.15) is 171 Å². The number of unbranched alkanes of at least 4 members (excludes halogenated alkanes) is 2. The van der Waals surface area contributed by atoms with Crippen LogP contribution in [0.25, 0.3) is 0 Å². The molecule has 2 fully saturated rings. The molecule has 12 unspecified atom stereocenters. The second-order valence-corrected chi connectivity index (χ2v) is 21.7. The fraction of sp³-hybridized carbons (Fsp3) is 0.458. The first-order valence-electron chi connectivity index (χ1n) is 26.7. The van der Waals surface area contributed by atoms with Crippen molar-refractivity contribution in [1.29, 1.82) is 0 Å². The van der Waals surface area contributed by atoms with Gasteiger partial charge in [0.25, 0.3) is 0 Å². The van der Waals surface area contributed by atoms with E-state index in [0.717, 1.165) is 13.8 Å². The molecule has 2 heterocycles. The summed E-state index contributed by atoms with van der Waals surface area (Å²) in [7, 11) is 2.63. The third-order valence-electron chi connectivity index (χ3n) is 16.7. The summed E-state index contributed by atoms with van der Waals surface area (Å²) in [5.74, 6) is -7.11. The van der Waals surface area contributed by atoms with Gasteiger partial charge in [0.1, 0.15) is 57.9 Å². The number of Topliss-reactive ketones (excluding diaryl/α,β-unsaturated/α-hetero) is 2. The summed E-state index contributed by atoms with van der Waals surface area (Å²) in [6.07, 6.45) is -6.34. The number of aliphatic hydroxyl groups is 4. The number of phenolic OH excluding ortho intramolecular Hbond substituents is 4. The van der Waals surface area contributed by atoms with Gasteiger partial charge in [0, 0.05) is 71.9 Å². The quantitative estimate of drug-likeness (QED) is 0.0424. The number of aliphatic hydroxyl groups excluding tert-OH is 2. The Balaban J connectivity index is 0.809. The van der Waals surface area contributed by atoms with Crippen LogP contribution in [0.5, 0.6) is 34.5 Å². The molecule has 6 aliphatic rings. The average Bonchev–Trinajstić information content (AvgIpc) is 1.74. The van der Waals surface area contributed by atoms with Crippen molar-refractivity contribution in [2.75, 3.05) is 14.2 Å². The van der Waals surface area contributed by atoms with E-state index in [-0.39, 0.29) is 68.8 Å². The van der Waals surface area contributed by atoms with E-state index in [1.54, 1.807) is 26.3 Å². The molecule has 2 saturated heterocycles. The number of aliphatic imine (C=N–C) groups is 2. The van der Waals surface area contributed by atoms with E-state index < -0.39 is 178 Å². The summed E-state index contributed by atoms with van der Waals surface area (Å²) >= 11 is 0. The molecule has 4 aromatic rings. The number of ketones is 6. The highest BCUT2D eigenvalue weighted by atomic mass is 16.7. The lowest BCUT2D eigenvalue weighted by Crippen LogP contribution is -2.49. The van der Waals surface area contributed by atoms with E-state index in [4.69, 9.17) is 28.4 Å². The number of hydrogen-bond donors (Lipinski definition) is 8. The number of methoxy groups -OCH3 is 2. The van der Waals surface area contributed by atoms with Crippen LogP contribution in [0.3, 0.4) is 0 Å². The molecule has 0 aromatic heterocycles. The summed E-state index contributed by atoms with van der Waals surface area (Å²) in [5.41, 5.74) is -7.11. The zero-order valence-corrected chi connectivity index (χ0v) is 45.1. The zero-order chi connectivity index (χ0) is 58.3. The topological polar surface area (TPSA) is 344 Å². The Morgan fingerprint density at radius 3 is 1.32 bits per heavy atom. The normalized spacial score (nSPS) is 29.6. The Kier molecular flexibility index (Phi) is 15.2. The number of carbonyl (C=O) groups excluding carboxylic acids is 6. The predicted molar refractivity (Wildman–Crippen MR) is 283 cm³/mol. The van der Waals surface area contributed by atoms with Crippen LogP contribution in [0, 0.1) is 0 Å². The highest BCUT2D eigenvalue weighted by Gasteiger charge is 2.52. The number of carbonyl (C=O) groups is 6. The molecule has 10 rings (SSSR count). The Labute approximate surface area is 463 Å². The fourth-order valence-electron chi connectivity index (χ4n) is 12.2. The molecule has 22 nitrogen and oxygen atoms in total. The van der Waals surface area contributed by atoms with Gasteiger partial charge in [-0.1, -0.05) is 24.3 Å². The second-order valence-electron chi connectivity index (χ2n) is 21.7. The Hall–Kier alpha value is -7.28. The van der Waals surface area contributed by atoms with Crippen LogP contribution < -0.4 is 9.47 Å². The van der Waals surface area contributed by atoms with Gasteiger partial charge in [-0.25, -0.2) is 0 Å². The van der Waals surface area contributed by atoms with Gasteiger partial charge in [0.2, 0.25) is 11.6 Å². The minimum atomic E-state index is -2.13. The first-order chi connectivity index (χ1) is 38.4. The van der Waals surface area contributed by atoms with E-state index in [2.05, 4.69) is 9.98 Å². The maximum absolute atomic E-state index is 14.1.